The van der Waals surface area contributed by atoms with Crippen LogP contribution in [0.15, 0.2) is 12.1 Å². The standard InChI is InChI=1S/C14H21ClN4O/c1-10(19-7-3-2-4-8-19)9-17-14(20)13-11(15)5-6-12(16)18-13/h5-6,10H,2-4,7-9H2,1H3,(H2,16,18)(H,17,20). The maximum atomic E-state index is 12.1. The summed E-state index contributed by atoms with van der Waals surface area (Å²) in [6.07, 6.45) is 3.78. The van der Waals surface area contributed by atoms with Crippen LogP contribution in [0.1, 0.15) is 36.7 Å². The number of nitrogen functional groups attached to an aromatic ring is 1. The van der Waals surface area contributed by atoms with Crippen LogP contribution in [0.3, 0.4) is 0 Å². The number of hydrogen-bond donors (Lipinski definition) is 2. The minimum atomic E-state index is -0.272. The van der Waals surface area contributed by atoms with Crippen LogP contribution in [-0.2, 0) is 0 Å². The van der Waals surface area contributed by atoms with E-state index in [9.17, 15) is 4.79 Å². The van der Waals surface area contributed by atoms with Gasteiger partial charge >= 0.3 is 0 Å². The number of aromatic nitrogens is 1. The van der Waals surface area contributed by atoms with Crippen LogP contribution >= 0.6 is 11.6 Å². The largest absolute Gasteiger partial charge is 0.384 e. The van der Waals surface area contributed by atoms with Crippen molar-refractivity contribution in [2.45, 2.75) is 32.2 Å². The molecule has 110 valence electrons. The van der Waals surface area contributed by atoms with Gasteiger partial charge < -0.3 is 11.1 Å². The number of likely N-dealkylation sites (tertiary alicyclic amines) is 1. The highest BCUT2D eigenvalue weighted by Crippen LogP contribution is 2.15. The number of halogens is 1. The van der Waals surface area contributed by atoms with Crippen molar-refractivity contribution >= 4 is 23.3 Å². The molecular weight excluding hydrogens is 276 g/mol. The summed E-state index contributed by atoms with van der Waals surface area (Å²) in [4.78, 5) is 18.5. The van der Waals surface area contributed by atoms with E-state index in [1.54, 1.807) is 12.1 Å². The van der Waals surface area contributed by atoms with E-state index in [2.05, 4.69) is 22.1 Å². The van der Waals surface area contributed by atoms with E-state index in [4.69, 9.17) is 17.3 Å². The second-order valence-electron chi connectivity index (χ2n) is 5.22. The van der Waals surface area contributed by atoms with Crippen molar-refractivity contribution in [1.29, 1.82) is 0 Å². The van der Waals surface area contributed by atoms with Gasteiger partial charge in [0.2, 0.25) is 0 Å². The summed E-state index contributed by atoms with van der Waals surface area (Å²) in [5.74, 6) is 0.0230. The zero-order valence-corrected chi connectivity index (χ0v) is 12.5. The molecule has 1 amide bonds. The summed E-state index contributed by atoms with van der Waals surface area (Å²) in [5, 5.41) is 3.20. The molecule has 1 aromatic rings. The molecule has 2 heterocycles. The Labute approximate surface area is 124 Å². The first-order valence-electron chi connectivity index (χ1n) is 7.02. The first-order chi connectivity index (χ1) is 9.58. The number of carbonyl (C=O) groups is 1. The lowest BCUT2D eigenvalue weighted by atomic mass is 10.1. The van der Waals surface area contributed by atoms with Crippen LogP contribution in [0.5, 0.6) is 0 Å². The monoisotopic (exact) mass is 296 g/mol. The SMILES string of the molecule is CC(CNC(=O)c1nc(N)ccc1Cl)N1CCCCC1. The van der Waals surface area contributed by atoms with Crippen LogP contribution in [0, 0.1) is 0 Å². The zero-order valence-electron chi connectivity index (χ0n) is 11.7. The molecule has 0 radical (unpaired) electrons. The second kappa shape index (κ2) is 6.90. The number of hydrogen-bond acceptors (Lipinski definition) is 4. The maximum absolute atomic E-state index is 12.1. The molecule has 0 aromatic carbocycles. The fourth-order valence-corrected chi connectivity index (χ4v) is 2.62. The minimum absolute atomic E-state index is 0.192. The van der Waals surface area contributed by atoms with Crippen LogP contribution < -0.4 is 11.1 Å². The number of nitrogens with zero attached hydrogens (tertiary/aromatic N) is 2. The number of carbonyl (C=O) groups excluding carboxylic acids is 1. The summed E-state index contributed by atoms with van der Waals surface area (Å²) in [6.45, 7) is 4.92. The molecule has 1 unspecified atom stereocenters. The first kappa shape index (κ1) is 15.1. The van der Waals surface area contributed by atoms with Gasteiger partial charge in [-0.05, 0) is 45.0 Å². The highest BCUT2D eigenvalue weighted by molar-refractivity contribution is 6.33. The van der Waals surface area contributed by atoms with Gasteiger partial charge in [0, 0.05) is 12.6 Å². The fourth-order valence-electron chi connectivity index (χ4n) is 2.43. The number of nitrogens with two attached hydrogens (primary N) is 1. The fraction of sp³-hybridized carbons (Fsp3) is 0.571. The predicted molar refractivity (Wildman–Crippen MR) is 80.9 cm³/mol. The Balaban J connectivity index is 1.89. The van der Waals surface area contributed by atoms with Crippen molar-refractivity contribution in [3.8, 4) is 0 Å². The van der Waals surface area contributed by atoms with E-state index in [0.29, 0.717) is 23.4 Å². The zero-order chi connectivity index (χ0) is 14.5. The molecule has 1 aliphatic heterocycles. The summed E-state index contributed by atoms with van der Waals surface area (Å²) >= 11 is 5.97. The van der Waals surface area contributed by atoms with Crippen LogP contribution in [0.25, 0.3) is 0 Å². The van der Waals surface area contributed by atoms with Gasteiger partial charge in [-0.2, -0.15) is 0 Å². The lowest BCUT2D eigenvalue weighted by Crippen LogP contribution is -2.44. The van der Waals surface area contributed by atoms with Crippen molar-refractivity contribution < 1.29 is 4.79 Å². The summed E-state index contributed by atoms with van der Waals surface area (Å²) in [5.41, 5.74) is 5.77. The minimum Gasteiger partial charge on any atom is -0.384 e. The Hall–Kier alpha value is -1.33. The Bertz CT molecular complexity index is 474. The first-order valence-corrected chi connectivity index (χ1v) is 7.40. The van der Waals surface area contributed by atoms with Crippen LogP contribution in [-0.4, -0.2) is 41.5 Å². The molecule has 1 saturated heterocycles. The third-order valence-electron chi connectivity index (χ3n) is 3.65. The number of pyridine rings is 1. The maximum Gasteiger partial charge on any atom is 0.271 e. The van der Waals surface area contributed by atoms with E-state index >= 15 is 0 Å². The molecule has 6 heteroatoms. The van der Waals surface area contributed by atoms with E-state index in [1.165, 1.54) is 19.3 Å². The van der Waals surface area contributed by atoms with Gasteiger partial charge in [-0.15, -0.1) is 0 Å². The third-order valence-corrected chi connectivity index (χ3v) is 3.96. The van der Waals surface area contributed by atoms with E-state index in [-0.39, 0.29) is 11.6 Å². The number of piperidine rings is 1. The summed E-state index contributed by atoms with van der Waals surface area (Å²) in [7, 11) is 0. The molecular formula is C14H21ClN4O. The number of rotatable bonds is 4. The molecule has 0 spiro atoms. The van der Waals surface area contributed by atoms with Gasteiger partial charge in [-0.25, -0.2) is 4.98 Å². The molecule has 1 fully saturated rings. The Kier molecular flexibility index (Phi) is 5.20. The van der Waals surface area contributed by atoms with Crippen molar-refractivity contribution in [1.82, 2.24) is 15.2 Å². The van der Waals surface area contributed by atoms with E-state index < -0.39 is 0 Å². The molecule has 20 heavy (non-hydrogen) atoms. The van der Waals surface area contributed by atoms with Crippen molar-refractivity contribution in [2.24, 2.45) is 0 Å². The second-order valence-corrected chi connectivity index (χ2v) is 5.63. The number of anilines is 1. The molecule has 1 aromatic heterocycles. The average molecular weight is 297 g/mol. The lowest BCUT2D eigenvalue weighted by Gasteiger charge is -2.32. The lowest BCUT2D eigenvalue weighted by molar-refractivity contribution is 0.0925. The molecule has 0 aliphatic carbocycles. The average Bonchev–Trinajstić information content (AvgIpc) is 2.47. The van der Waals surface area contributed by atoms with Crippen molar-refractivity contribution in [3.05, 3.63) is 22.8 Å². The van der Waals surface area contributed by atoms with Crippen molar-refractivity contribution in [2.75, 3.05) is 25.4 Å². The van der Waals surface area contributed by atoms with Crippen LogP contribution in [0.2, 0.25) is 5.02 Å². The highest BCUT2D eigenvalue weighted by Gasteiger charge is 2.18. The van der Waals surface area contributed by atoms with Crippen LogP contribution in [0.4, 0.5) is 5.82 Å². The molecule has 1 atom stereocenters. The third kappa shape index (κ3) is 3.84. The molecule has 1 aliphatic rings. The van der Waals surface area contributed by atoms with Crippen molar-refractivity contribution in [3.63, 3.8) is 0 Å². The van der Waals surface area contributed by atoms with Gasteiger partial charge in [0.15, 0.2) is 0 Å². The normalized spacial score (nSPS) is 17.7. The van der Waals surface area contributed by atoms with Gasteiger partial charge in [-0.1, -0.05) is 18.0 Å². The topological polar surface area (TPSA) is 71.2 Å². The van der Waals surface area contributed by atoms with Gasteiger partial charge in [0.1, 0.15) is 11.5 Å². The van der Waals surface area contributed by atoms with E-state index in [0.717, 1.165) is 13.1 Å². The molecule has 3 N–H and O–H groups in total. The predicted octanol–water partition coefficient (Wildman–Crippen LogP) is 1.92. The molecule has 0 saturated carbocycles. The molecule has 0 bridgehead atoms. The Morgan fingerprint density at radius 1 is 1.45 bits per heavy atom. The Morgan fingerprint density at radius 3 is 2.85 bits per heavy atom. The van der Waals surface area contributed by atoms with E-state index in [1.807, 2.05) is 0 Å². The molecule has 2 rings (SSSR count). The number of amides is 1. The van der Waals surface area contributed by atoms with Gasteiger partial charge in [-0.3, -0.25) is 9.69 Å². The molecule has 5 nitrogen and oxygen atoms in total. The summed E-state index contributed by atoms with van der Waals surface area (Å²) < 4.78 is 0. The quantitative estimate of drug-likeness (QED) is 0.890. The van der Waals surface area contributed by atoms with Gasteiger partial charge in [0.25, 0.3) is 5.91 Å². The highest BCUT2D eigenvalue weighted by atomic mass is 35.5. The number of nitrogens with one attached hydrogen (secondary N) is 1. The smallest absolute Gasteiger partial charge is 0.271 e. The van der Waals surface area contributed by atoms with Gasteiger partial charge in [0.05, 0.1) is 5.02 Å². The summed E-state index contributed by atoms with van der Waals surface area (Å²) in [6, 6.07) is 3.49. The Morgan fingerprint density at radius 2 is 2.15 bits per heavy atom.